The molecule has 0 aliphatic carbocycles. The SMILES string of the molecule is O=C(Nc1ccc(Br)cc1)c1cc2[nH]c(Nc3c(Cl)cccc3Cl)nc2c(F)c1F.O=C(O)c1cc2[nH]c(Nc3c(Cl)cccc3Cl)nc2c(F)c1F. The van der Waals surface area contributed by atoms with Crippen LogP contribution in [-0.4, -0.2) is 36.9 Å². The van der Waals surface area contributed by atoms with Crippen molar-refractivity contribution in [3.05, 3.63) is 132 Å². The zero-order chi connectivity index (χ0) is 38.1. The van der Waals surface area contributed by atoms with Gasteiger partial charge in [-0.05, 0) is 60.7 Å². The van der Waals surface area contributed by atoms with E-state index in [0.717, 1.165) is 10.5 Å². The molecule has 7 aromatic rings. The number of aromatic carboxylic acids is 1. The summed E-state index contributed by atoms with van der Waals surface area (Å²) in [5.74, 6) is -7.63. The van der Waals surface area contributed by atoms with Gasteiger partial charge in [-0.2, -0.15) is 0 Å². The van der Waals surface area contributed by atoms with Gasteiger partial charge in [-0.15, -0.1) is 0 Å². The Morgan fingerprint density at radius 1 is 0.642 bits per heavy atom. The molecule has 0 radical (unpaired) electrons. The number of fused-ring (bicyclic) bond motifs is 2. The van der Waals surface area contributed by atoms with Crippen molar-refractivity contribution in [2.75, 3.05) is 16.0 Å². The minimum atomic E-state index is -1.58. The van der Waals surface area contributed by atoms with Gasteiger partial charge in [0.15, 0.2) is 23.3 Å². The van der Waals surface area contributed by atoms with Gasteiger partial charge >= 0.3 is 5.97 Å². The lowest BCUT2D eigenvalue weighted by Gasteiger charge is -2.07. The number of benzene rings is 5. The molecule has 53 heavy (non-hydrogen) atoms. The molecule has 6 N–H and O–H groups in total. The van der Waals surface area contributed by atoms with Crippen molar-refractivity contribution in [2.45, 2.75) is 0 Å². The summed E-state index contributed by atoms with van der Waals surface area (Å²) >= 11 is 27.5. The van der Waals surface area contributed by atoms with Gasteiger partial charge in [0.05, 0.1) is 48.1 Å². The minimum absolute atomic E-state index is 0.0203. The quantitative estimate of drug-likeness (QED) is 0.0874. The molecule has 0 aliphatic heterocycles. The molecule has 0 aliphatic rings. The summed E-state index contributed by atoms with van der Waals surface area (Å²) in [6.45, 7) is 0. The fourth-order valence-corrected chi connectivity index (χ4v) is 6.07. The summed E-state index contributed by atoms with van der Waals surface area (Å²) in [4.78, 5) is 36.7. The predicted molar refractivity (Wildman–Crippen MR) is 201 cm³/mol. The summed E-state index contributed by atoms with van der Waals surface area (Å²) in [7, 11) is 0. The highest BCUT2D eigenvalue weighted by atomic mass is 79.9. The number of halogens is 9. The van der Waals surface area contributed by atoms with Crippen LogP contribution in [0.4, 0.5) is 46.5 Å². The van der Waals surface area contributed by atoms with Crippen molar-refractivity contribution in [1.82, 2.24) is 19.9 Å². The fourth-order valence-electron chi connectivity index (χ4n) is 4.82. The van der Waals surface area contributed by atoms with Gasteiger partial charge in [-0.1, -0.05) is 74.5 Å². The molecule has 0 unspecified atom stereocenters. The number of carbonyl (C=O) groups excluding carboxylic acids is 1. The number of carbonyl (C=O) groups is 2. The molecule has 5 aromatic carbocycles. The maximum atomic E-state index is 14.6. The van der Waals surface area contributed by atoms with Crippen molar-refractivity contribution in [3.63, 3.8) is 0 Å². The number of aromatic amines is 2. The number of para-hydroxylation sites is 2. The van der Waals surface area contributed by atoms with Crippen LogP contribution in [0, 0.1) is 23.3 Å². The molecule has 19 heteroatoms. The maximum absolute atomic E-state index is 14.6. The number of anilines is 5. The van der Waals surface area contributed by atoms with Gasteiger partial charge in [-0.25, -0.2) is 32.3 Å². The average Bonchev–Trinajstić information content (AvgIpc) is 3.73. The number of carboxylic acids is 1. The normalized spacial score (nSPS) is 11.0. The zero-order valence-corrected chi connectivity index (χ0v) is 30.6. The van der Waals surface area contributed by atoms with Crippen LogP contribution >= 0.6 is 62.3 Å². The van der Waals surface area contributed by atoms with E-state index in [1.807, 2.05) is 0 Å². The van der Waals surface area contributed by atoms with E-state index in [0.29, 0.717) is 37.2 Å². The second kappa shape index (κ2) is 15.5. The maximum Gasteiger partial charge on any atom is 0.338 e. The number of hydrogen-bond donors (Lipinski definition) is 6. The number of H-pyrrole nitrogens is 2. The van der Waals surface area contributed by atoms with Gasteiger partial charge in [0.2, 0.25) is 11.9 Å². The highest BCUT2D eigenvalue weighted by molar-refractivity contribution is 9.10. The van der Waals surface area contributed by atoms with E-state index in [-0.39, 0.29) is 34.0 Å². The van der Waals surface area contributed by atoms with E-state index < -0.39 is 46.3 Å². The molecule has 0 fully saturated rings. The van der Waals surface area contributed by atoms with E-state index in [4.69, 9.17) is 51.5 Å². The Bertz CT molecular complexity index is 2530. The molecule has 2 heterocycles. The molecule has 0 atom stereocenters. The van der Waals surface area contributed by atoms with Crippen LogP contribution in [0.15, 0.2) is 77.3 Å². The minimum Gasteiger partial charge on any atom is -0.478 e. The van der Waals surface area contributed by atoms with Crippen molar-refractivity contribution >= 4 is 125 Å². The van der Waals surface area contributed by atoms with E-state index in [2.05, 4.69) is 51.8 Å². The van der Waals surface area contributed by atoms with E-state index in [1.54, 1.807) is 60.7 Å². The molecule has 1 amide bonds. The first-order valence-corrected chi connectivity index (χ1v) is 17.0. The van der Waals surface area contributed by atoms with Crippen molar-refractivity contribution in [1.29, 1.82) is 0 Å². The van der Waals surface area contributed by atoms with Crippen molar-refractivity contribution in [2.24, 2.45) is 0 Å². The van der Waals surface area contributed by atoms with Crippen LogP contribution in [0.2, 0.25) is 20.1 Å². The summed E-state index contributed by atoms with van der Waals surface area (Å²) in [6, 6.07) is 18.5. The highest BCUT2D eigenvalue weighted by Gasteiger charge is 2.23. The lowest BCUT2D eigenvalue weighted by Crippen LogP contribution is -2.14. The molecule has 0 saturated heterocycles. The summed E-state index contributed by atoms with van der Waals surface area (Å²) < 4.78 is 57.6. The molecular formula is C34H18BrCl4F4N7O3. The number of rotatable bonds is 7. The first-order valence-electron chi connectivity index (χ1n) is 14.7. The number of imidazole rings is 2. The Morgan fingerprint density at radius 3 is 1.49 bits per heavy atom. The fraction of sp³-hybridized carbons (Fsp3) is 0. The summed E-state index contributed by atoms with van der Waals surface area (Å²) in [5.41, 5.74) is -0.592. The third-order valence-corrected chi connectivity index (χ3v) is 9.09. The molecule has 270 valence electrons. The number of nitrogens with one attached hydrogen (secondary N) is 5. The smallest absolute Gasteiger partial charge is 0.338 e. The molecule has 7 rings (SSSR count). The van der Waals surface area contributed by atoms with Gasteiger partial charge < -0.3 is 31.0 Å². The highest BCUT2D eigenvalue weighted by Crippen LogP contribution is 2.34. The van der Waals surface area contributed by atoms with Crippen LogP contribution < -0.4 is 16.0 Å². The molecule has 0 spiro atoms. The van der Waals surface area contributed by atoms with Crippen LogP contribution in [0.25, 0.3) is 22.1 Å². The lowest BCUT2D eigenvalue weighted by atomic mass is 10.1. The topological polar surface area (TPSA) is 148 Å². The lowest BCUT2D eigenvalue weighted by molar-refractivity contribution is 0.0690. The van der Waals surface area contributed by atoms with Crippen LogP contribution in [0.3, 0.4) is 0 Å². The molecular weight excluding hydrogens is 852 g/mol. The standard InChI is InChI=1S/C20H11BrCl2F2N4O.C14H7Cl2F2N3O2/c21-9-4-6-10(7-5-9)26-19(30)11-8-14-18(16(25)15(11)24)29-20(27-14)28-17-12(22)2-1-3-13(17)23;15-6-2-1-3-7(16)11(6)20-14-19-8-4-5(13(22)23)9(17)10(18)12(8)21-14/h1-8H,(H,26,30)(H2,27,28,29);1-4H,(H,22,23)(H2,19,20,21). The molecule has 0 bridgehead atoms. The van der Waals surface area contributed by atoms with E-state index in [9.17, 15) is 27.2 Å². The monoisotopic (exact) mass is 867 g/mol. The van der Waals surface area contributed by atoms with Crippen LogP contribution in [-0.2, 0) is 0 Å². The molecule has 2 aromatic heterocycles. The van der Waals surface area contributed by atoms with Gasteiger partial charge in [0, 0.05) is 10.2 Å². The van der Waals surface area contributed by atoms with Crippen LogP contribution in [0.1, 0.15) is 20.7 Å². The van der Waals surface area contributed by atoms with E-state index >= 15 is 0 Å². The zero-order valence-electron chi connectivity index (χ0n) is 26.0. The van der Waals surface area contributed by atoms with E-state index in [1.165, 1.54) is 6.07 Å². The van der Waals surface area contributed by atoms with Gasteiger partial charge in [0.1, 0.15) is 16.6 Å². The van der Waals surface area contributed by atoms with Crippen LogP contribution in [0.5, 0.6) is 0 Å². The largest absolute Gasteiger partial charge is 0.478 e. The first kappa shape index (κ1) is 37.7. The van der Waals surface area contributed by atoms with Gasteiger partial charge in [0.25, 0.3) is 5.91 Å². The Hall–Kier alpha value is -5.06. The molecule has 0 saturated carbocycles. The third kappa shape index (κ3) is 7.99. The second-order valence-electron chi connectivity index (χ2n) is 10.8. The number of amides is 1. The number of hydrogen-bond acceptors (Lipinski definition) is 6. The van der Waals surface area contributed by atoms with Crippen molar-refractivity contribution < 1.29 is 32.3 Å². The number of aromatic nitrogens is 4. The number of carboxylic acid groups (broad SMARTS) is 1. The number of nitrogens with zero attached hydrogens (tertiary/aromatic N) is 2. The predicted octanol–water partition coefficient (Wildman–Crippen LogP) is 11.5. The summed E-state index contributed by atoms with van der Waals surface area (Å²) in [5, 5.41) is 18.3. The Kier molecular flexibility index (Phi) is 11.0. The third-order valence-electron chi connectivity index (χ3n) is 7.30. The first-order chi connectivity index (χ1) is 25.2. The molecule has 10 nitrogen and oxygen atoms in total. The Morgan fingerprint density at radius 2 is 1.06 bits per heavy atom. The summed E-state index contributed by atoms with van der Waals surface area (Å²) in [6.07, 6.45) is 0. The van der Waals surface area contributed by atoms with Gasteiger partial charge in [-0.3, -0.25) is 4.79 Å². The Balaban J connectivity index is 0.000000188. The average molecular weight is 870 g/mol. The van der Waals surface area contributed by atoms with Crippen molar-refractivity contribution in [3.8, 4) is 0 Å². The Labute approximate surface area is 323 Å². The second-order valence-corrected chi connectivity index (χ2v) is 13.3.